The number of nitrogens with one attached hydrogen (secondary N) is 2. The summed E-state index contributed by atoms with van der Waals surface area (Å²) in [5, 5.41) is 20.7. The third-order valence-corrected chi connectivity index (χ3v) is 8.35. The standard InChI is InChI=1S/C28H42N6S/c1-20(2)10-11-21(18-22-19-30-25-9-7-6-8-23(22)25)12-13-24(29)26-31-32-27(35-26)33-14-16-34(17-15-33)28(3,4)5/h6-9,19-21,29-30H,10-18H2,1-5H3. The van der Waals surface area contributed by atoms with Crippen LogP contribution in [0.5, 0.6) is 0 Å². The normalized spacial score (nSPS) is 16.3. The molecule has 1 aliphatic rings. The molecule has 0 bridgehead atoms. The minimum atomic E-state index is 0.208. The third-order valence-electron chi connectivity index (χ3n) is 7.31. The van der Waals surface area contributed by atoms with E-state index in [0.717, 1.165) is 55.6 Å². The highest BCUT2D eigenvalue weighted by molar-refractivity contribution is 7.17. The molecule has 190 valence electrons. The van der Waals surface area contributed by atoms with Gasteiger partial charge in [0.25, 0.3) is 0 Å². The van der Waals surface area contributed by atoms with Gasteiger partial charge in [-0.2, -0.15) is 0 Å². The fourth-order valence-corrected chi connectivity index (χ4v) is 5.89. The molecule has 0 spiro atoms. The fraction of sp³-hybridized carbons (Fsp3) is 0.607. The number of hydrogen-bond acceptors (Lipinski definition) is 6. The van der Waals surface area contributed by atoms with E-state index in [2.05, 4.69) is 90.1 Å². The summed E-state index contributed by atoms with van der Waals surface area (Å²) >= 11 is 1.59. The smallest absolute Gasteiger partial charge is 0.208 e. The number of H-pyrrole nitrogens is 1. The van der Waals surface area contributed by atoms with Crippen molar-refractivity contribution in [1.29, 1.82) is 5.41 Å². The highest BCUT2D eigenvalue weighted by Gasteiger charge is 2.27. The van der Waals surface area contributed by atoms with E-state index in [4.69, 9.17) is 5.41 Å². The molecular formula is C28H42N6S. The molecule has 1 aliphatic heterocycles. The van der Waals surface area contributed by atoms with Crippen molar-refractivity contribution in [2.75, 3.05) is 31.1 Å². The number of fused-ring (bicyclic) bond motifs is 1. The predicted octanol–water partition coefficient (Wildman–Crippen LogP) is 6.38. The number of hydrogen-bond donors (Lipinski definition) is 2. The molecule has 0 aliphatic carbocycles. The van der Waals surface area contributed by atoms with Gasteiger partial charge in [-0.25, -0.2) is 0 Å². The molecule has 0 radical (unpaired) electrons. The van der Waals surface area contributed by atoms with Crippen molar-refractivity contribution in [2.45, 2.75) is 72.3 Å². The molecule has 1 atom stereocenters. The predicted molar refractivity (Wildman–Crippen MR) is 149 cm³/mol. The van der Waals surface area contributed by atoms with Crippen LogP contribution in [0.15, 0.2) is 30.5 Å². The molecule has 2 aromatic heterocycles. The van der Waals surface area contributed by atoms with Crippen molar-refractivity contribution >= 4 is 33.1 Å². The maximum absolute atomic E-state index is 8.74. The van der Waals surface area contributed by atoms with Gasteiger partial charge >= 0.3 is 0 Å². The molecule has 2 N–H and O–H groups in total. The molecule has 3 heterocycles. The number of aromatic nitrogens is 3. The van der Waals surface area contributed by atoms with Gasteiger partial charge in [0.2, 0.25) is 5.13 Å². The number of nitrogens with zero attached hydrogens (tertiary/aromatic N) is 4. The summed E-state index contributed by atoms with van der Waals surface area (Å²) in [7, 11) is 0. The summed E-state index contributed by atoms with van der Waals surface area (Å²) in [4.78, 5) is 8.29. The van der Waals surface area contributed by atoms with Crippen molar-refractivity contribution in [1.82, 2.24) is 20.1 Å². The van der Waals surface area contributed by atoms with Crippen molar-refractivity contribution in [3.63, 3.8) is 0 Å². The maximum atomic E-state index is 8.74. The average molecular weight is 495 g/mol. The summed E-state index contributed by atoms with van der Waals surface area (Å²) in [6.07, 6.45) is 7.44. The molecular weight excluding hydrogens is 452 g/mol. The molecule has 1 fully saturated rings. The molecule has 0 amide bonds. The van der Waals surface area contributed by atoms with Gasteiger partial charge in [0, 0.05) is 48.8 Å². The van der Waals surface area contributed by atoms with Gasteiger partial charge in [0.1, 0.15) is 0 Å². The lowest BCUT2D eigenvalue weighted by atomic mass is 9.87. The number of para-hydroxylation sites is 1. The minimum Gasteiger partial charge on any atom is -0.361 e. The summed E-state index contributed by atoms with van der Waals surface area (Å²) in [5.74, 6) is 1.26. The van der Waals surface area contributed by atoms with Crippen LogP contribution < -0.4 is 4.90 Å². The Morgan fingerprint density at radius 1 is 1.06 bits per heavy atom. The van der Waals surface area contributed by atoms with Crippen LogP contribution in [-0.2, 0) is 6.42 Å². The Morgan fingerprint density at radius 2 is 1.80 bits per heavy atom. The zero-order valence-corrected chi connectivity index (χ0v) is 22.9. The first-order chi connectivity index (χ1) is 16.7. The second kappa shape index (κ2) is 11.2. The molecule has 0 saturated carbocycles. The van der Waals surface area contributed by atoms with Crippen LogP contribution in [-0.4, -0.2) is 57.5 Å². The lowest BCUT2D eigenvalue weighted by Crippen LogP contribution is -2.53. The van der Waals surface area contributed by atoms with Crippen LogP contribution in [0.25, 0.3) is 10.9 Å². The van der Waals surface area contributed by atoms with Crippen LogP contribution in [0, 0.1) is 17.2 Å². The number of piperazine rings is 1. The Hall–Kier alpha value is -2.25. The van der Waals surface area contributed by atoms with Crippen molar-refractivity contribution in [3.05, 3.63) is 41.0 Å². The first-order valence-corrected chi connectivity index (χ1v) is 14.0. The van der Waals surface area contributed by atoms with Gasteiger partial charge in [0.05, 0.1) is 5.71 Å². The summed E-state index contributed by atoms with van der Waals surface area (Å²) in [5.41, 5.74) is 3.45. The Bertz CT molecular complexity index is 1100. The molecule has 1 unspecified atom stereocenters. The van der Waals surface area contributed by atoms with Crippen LogP contribution in [0.2, 0.25) is 0 Å². The van der Waals surface area contributed by atoms with Gasteiger partial charge < -0.3 is 15.3 Å². The summed E-state index contributed by atoms with van der Waals surface area (Å²) in [6, 6.07) is 8.57. The highest BCUT2D eigenvalue weighted by atomic mass is 32.1. The zero-order valence-electron chi connectivity index (χ0n) is 22.1. The average Bonchev–Trinajstić information content (AvgIpc) is 3.48. The molecule has 1 aromatic carbocycles. The van der Waals surface area contributed by atoms with Gasteiger partial charge in [0.15, 0.2) is 5.01 Å². The lowest BCUT2D eigenvalue weighted by molar-refractivity contribution is 0.128. The monoisotopic (exact) mass is 494 g/mol. The number of aromatic amines is 1. The van der Waals surface area contributed by atoms with Crippen LogP contribution in [0.1, 0.15) is 70.9 Å². The second-order valence-corrected chi connectivity index (χ2v) is 12.4. The Morgan fingerprint density at radius 3 is 2.51 bits per heavy atom. The number of benzene rings is 1. The summed E-state index contributed by atoms with van der Waals surface area (Å²) < 4.78 is 0. The largest absolute Gasteiger partial charge is 0.361 e. The lowest BCUT2D eigenvalue weighted by Gasteiger charge is -2.42. The maximum Gasteiger partial charge on any atom is 0.208 e. The van der Waals surface area contributed by atoms with Crippen molar-refractivity contribution in [3.8, 4) is 0 Å². The first kappa shape index (κ1) is 25.8. The van der Waals surface area contributed by atoms with Crippen LogP contribution >= 0.6 is 11.3 Å². The van der Waals surface area contributed by atoms with Gasteiger partial charge in [-0.3, -0.25) is 4.90 Å². The van der Waals surface area contributed by atoms with Crippen molar-refractivity contribution < 1.29 is 0 Å². The van der Waals surface area contributed by atoms with E-state index >= 15 is 0 Å². The van der Waals surface area contributed by atoms with E-state index in [1.807, 2.05) is 0 Å². The van der Waals surface area contributed by atoms with E-state index in [0.29, 0.717) is 17.5 Å². The Kier molecular flexibility index (Phi) is 8.27. The van der Waals surface area contributed by atoms with E-state index in [-0.39, 0.29) is 5.54 Å². The molecule has 3 aromatic rings. The van der Waals surface area contributed by atoms with E-state index in [1.165, 1.54) is 29.3 Å². The fourth-order valence-electron chi connectivity index (χ4n) is 5.02. The van der Waals surface area contributed by atoms with Crippen molar-refractivity contribution in [2.24, 2.45) is 11.8 Å². The number of rotatable bonds is 10. The van der Waals surface area contributed by atoms with E-state index in [9.17, 15) is 0 Å². The molecule has 7 heteroatoms. The second-order valence-electron chi connectivity index (χ2n) is 11.5. The van der Waals surface area contributed by atoms with Crippen LogP contribution in [0.3, 0.4) is 0 Å². The van der Waals surface area contributed by atoms with Gasteiger partial charge in [-0.15, -0.1) is 10.2 Å². The first-order valence-electron chi connectivity index (χ1n) is 13.2. The molecule has 4 rings (SSSR count). The molecule has 1 saturated heterocycles. The molecule has 6 nitrogen and oxygen atoms in total. The topological polar surface area (TPSA) is 71.9 Å². The molecule has 35 heavy (non-hydrogen) atoms. The zero-order chi connectivity index (χ0) is 25.0. The third kappa shape index (κ3) is 6.70. The van der Waals surface area contributed by atoms with Crippen LogP contribution in [0.4, 0.5) is 5.13 Å². The minimum absolute atomic E-state index is 0.208. The van der Waals surface area contributed by atoms with Gasteiger partial charge in [-0.1, -0.05) is 49.8 Å². The summed E-state index contributed by atoms with van der Waals surface area (Å²) in [6.45, 7) is 15.5. The van der Waals surface area contributed by atoms with E-state index in [1.54, 1.807) is 11.3 Å². The quantitative estimate of drug-likeness (QED) is 0.321. The number of anilines is 1. The SMILES string of the molecule is CC(C)CCC(CCC(=N)c1nnc(N2CCN(C(C)(C)C)CC2)s1)Cc1c[nH]c2ccccc12. The Labute approximate surface area is 214 Å². The van der Waals surface area contributed by atoms with Gasteiger partial charge in [-0.05, 0) is 69.9 Å². The highest BCUT2D eigenvalue weighted by Crippen LogP contribution is 2.29. The Balaban J connectivity index is 1.35. The van der Waals surface area contributed by atoms with E-state index < -0.39 is 0 Å².